The van der Waals surface area contributed by atoms with Gasteiger partial charge in [-0.1, -0.05) is 35.6 Å². The maximum atomic E-state index is 10.9. The van der Waals surface area contributed by atoms with E-state index >= 15 is 0 Å². The molecule has 0 aliphatic carbocycles. The van der Waals surface area contributed by atoms with Crippen LogP contribution in [0, 0.1) is 25.7 Å². The predicted molar refractivity (Wildman–Crippen MR) is 130 cm³/mol. The van der Waals surface area contributed by atoms with E-state index in [0.717, 1.165) is 43.9 Å². The molecular weight excluding hydrogens is 472 g/mol. The van der Waals surface area contributed by atoms with Crippen molar-refractivity contribution >= 4 is 34.6 Å². The maximum absolute atomic E-state index is 10.9. The lowest BCUT2D eigenvalue weighted by Crippen LogP contribution is -2.08. The first-order valence-corrected chi connectivity index (χ1v) is 11.7. The van der Waals surface area contributed by atoms with Gasteiger partial charge in [0.2, 0.25) is 0 Å². The Hall–Kier alpha value is -3.74. The Kier molecular flexibility index (Phi) is 5.55. The molecule has 1 aromatic carbocycles. The molecular formula is C24H19ClN6O2S. The number of aryl methyl sites for hydroxylation is 1. The third kappa shape index (κ3) is 3.91. The molecule has 5 rings (SSSR count). The molecule has 34 heavy (non-hydrogen) atoms. The average Bonchev–Trinajstić information content (AvgIpc) is 3.46. The van der Waals surface area contributed by atoms with Crippen molar-refractivity contribution < 1.29 is 9.90 Å². The lowest BCUT2D eigenvalue weighted by atomic mass is 9.99. The van der Waals surface area contributed by atoms with E-state index in [4.69, 9.17) is 21.7 Å². The molecule has 0 radical (unpaired) electrons. The number of benzene rings is 1. The number of hydrogen-bond donors (Lipinski definition) is 1. The highest BCUT2D eigenvalue weighted by molar-refractivity contribution is 7.15. The number of carboxylic acid groups (broad SMARTS) is 1. The summed E-state index contributed by atoms with van der Waals surface area (Å²) in [6, 6.07) is 7.47. The molecule has 0 bridgehead atoms. The van der Waals surface area contributed by atoms with Crippen LogP contribution in [-0.4, -0.2) is 41.3 Å². The van der Waals surface area contributed by atoms with Crippen LogP contribution in [0.3, 0.4) is 0 Å². The minimum atomic E-state index is -0.955. The van der Waals surface area contributed by atoms with Gasteiger partial charge in [0, 0.05) is 22.3 Å². The third-order valence-corrected chi connectivity index (χ3v) is 6.93. The van der Waals surface area contributed by atoms with Crippen LogP contribution >= 0.6 is 22.9 Å². The van der Waals surface area contributed by atoms with Gasteiger partial charge in [-0.15, -0.1) is 21.5 Å². The number of fused-ring (bicyclic) bond motifs is 3. The predicted octanol–water partition coefficient (Wildman–Crippen LogP) is 4.19. The number of hydrogen-bond acceptors (Lipinski definition) is 6. The molecule has 170 valence electrons. The third-order valence-electron chi connectivity index (χ3n) is 5.48. The van der Waals surface area contributed by atoms with Crippen molar-refractivity contribution in [2.45, 2.75) is 33.4 Å². The van der Waals surface area contributed by atoms with Crippen LogP contribution in [0.1, 0.15) is 51.7 Å². The minimum Gasteiger partial charge on any atom is -0.480 e. The van der Waals surface area contributed by atoms with E-state index in [-0.39, 0.29) is 12.6 Å². The first-order valence-electron chi connectivity index (χ1n) is 10.5. The van der Waals surface area contributed by atoms with Crippen LogP contribution in [0.2, 0.25) is 5.02 Å². The van der Waals surface area contributed by atoms with Crippen molar-refractivity contribution in [2.75, 3.05) is 0 Å². The maximum Gasteiger partial charge on any atom is 0.325 e. The van der Waals surface area contributed by atoms with Crippen LogP contribution in [0.4, 0.5) is 0 Å². The molecule has 8 nitrogen and oxygen atoms in total. The molecule has 4 aromatic rings. The molecule has 10 heteroatoms. The molecule has 1 aliphatic heterocycles. The smallest absolute Gasteiger partial charge is 0.325 e. The van der Waals surface area contributed by atoms with Crippen LogP contribution in [-0.2, 0) is 11.3 Å². The second-order valence-electron chi connectivity index (χ2n) is 7.91. The first-order chi connectivity index (χ1) is 16.3. The van der Waals surface area contributed by atoms with Gasteiger partial charge in [0.05, 0.1) is 22.3 Å². The van der Waals surface area contributed by atoms with Crippen molar-refractivity contribution in [3.8, 4) is 16.8 Å². The number of aliphatic imine (C=N–C) groups is 1. The zero-order valence-corrected chi connectivity index (χ0v) is 20.1. The highest BCUT2D eigenvalue weighted by Crippen LogP contribution is 2.38. The molecule has 1 N–H and O–H groups in total. The molecule has 0 saturated heterocycles. The zero-order valence-electron chi connectivity index (χ0n) is 18.6. The van der Waals surface area contributed by atoms with Crippen LogP contribution in [0.15, 0.2) is 41.7 Å². The zero-order chi connectivity index (χ0) is 24.0. The van der Waals surface area contributed by atoms with E-state index < -0.39 is 5.97 Å². The summed E-state index contributed by atoms with van der Waals surface area (Å²) < 4.78 is 3.41. The van der Waals surface area contributed by atoms with E-state index in [9.17, 15) is 4.79 Å². The number of aliphatic carboxylic acids is 1. The molecule has 1 atom stereocenters. The van der Waals surface area contributed by atoms with Gasteiger partial charge >= 0.3 is 5.97 Å². The molecule has 0 unspecified atom stereocenters. The summed E-state index contributed by atoms with van der Waals surface area (Å²) in [5, 5.41) is 23.3. The average molecular weight is 491 g/mol. The second kappa shape index (κ2) is 8.56. The van der Waals surface area contributed by atoms with E-state index in [1.807, 2.05) is 45.0 Å². The summed E-state index contributed by atoms with van der Waals surface area (Å²) in [7, 11) is 0. The van der Waals surface area contributed by atoms with Gasteiger partial charge in [0.15, 0.2) is 5.82 Å². The molecule has 0 fully saturated rings. The van der Waals surface area contributed by atoms with E-state index in [1.165, 1.54) is 4.68 Å². The highest BCUT2D eigenvalue weighted by atomic mass is 35.5. The lowest BCUT2D eigenvalue weighted by molar-refractivity contribution is -0.137. The minimum absolute atomic E-state index is 0.180. The van der Waals surface area contributed by atoms with E-state index in [0.29, 0.717) is 10.6 Å². The Bertz CT molecular complexity index is 1520. The Morgan fingerprint density at radius 2 is 1.97 bits per heavy atom. The molecule has 3 aromatic heterocycles. The number of rotatable bonds is 3. The topological polar surface area (TPSA) is 98.2 Å². The molecule has 4 heterocycles. The van der Waals surface area contributed by atoms with Gasteiger partial charge < -0.3 is 5.11 Å². The fraction of sp³-hybridized carbons (Fsp3) is 0.208. The van der Waals surface area contributed by atoms with E-state index in [2.05, 4.69) is 31.7 Å². The van der Waals surface area contributed by atoms with Gasteiger partial charge in [-0.25, -0.2) is 0 Å². The SMILES string of the molecule is Cc1c(C#Cc2cnn(CC(=O)O)c2)sc2c1C(c1ccc(Cl)cc1)=N[C@@H](C)c1nnc(C)n1-2. The quantitative estimate of drug-likeness (QED) is 0.434. The Balaban J connectivity index is 1.65. The monoisotopic (exact) mass is 490 g/mol. The summed E-state index contributed by atoms with van der Waals surface area (Å²) in [5.41, 5.74) is 4.47. The van der Waals surface area contributed by atoms with Gasteiger partial charge in [-0.05, 0) is 38.5 Å². The summed E-state index contributed by atoms with van der Waals surface area (Å²) in [6.07, 6.45) is 3.19. The van der Waals surface area contributed by atoms with Crippen LogP contribution < -0.4 is 0 Å². The van der Waals surface area contributed by atoms with Crippen LogP contribution in [0.25, 0.3) is 5.00 Å². The standard InChI is InChI=1S/C24H19ClN6O2S/c1-13-19(9-4-16-10-26-30(11-16)12-20(32)33)34-24-21(13)22(17-5-7-18(25)8-6-17)27-14(2)23-29-28-15(3)31(23)24/h5-8,10-11,14H,12H2,1-3H3,(H,32,33)/t14-/m0/s1. The number of carbonyl (C=O) groups is 1. The van der Waals surface area contributed by atoms with Gasteiger partial charge in [-0.2, -0.15) is 5.10 Å². The van der Waals surface area contributed by atoms with Crippen molar-refractivity contribution in [3.63, 3.8) is 0 Å². The fourth-order valence-corrected chi connectivity index (χ4v) is 5.22. The number of carboxylic acids is 1. The summed E-state index contributed by atoms with van der Waals surface area (Å²) >= 11 is 7.69. The molecule has 0 amide bonds. The first kappa shape index (κ1) is 22.1. The molecule has 0 spiro atoms. The Morgan fingerprint density at radius 1 is 1.21 bits per heavy atom. The van der Waals surface area contributed by atoms with Crippen molar-refractivity contribution in [1.82, 2.24) is 24.5 Å². The normalized spacial score (nSPS) is 14.5. The molecule has 1 aliphatic rings. The number of nitrogens with zero attached hydrogens (tertiary/aromatic N) is 6. The van der Waals surface area contributed by atoms with Crippen molar-refractivity contribution in [3.05, 3.63) is 80.5 Å². The van der Waals surface area contributed by atoms with Crippen molar-refractivity contribution in [2.24, 2.45) is 4.99 Å². The van der Waals surface area contributed by atoms with Gasteiger partial charge in [-0.3, -0.25) is 19.0 Å². The summed E-state index contributed by atoms with van der Waals surface area (Å²) in [5.74, 6) is 6.96. The largest absolute Gasteiger partial charge is 0.480 e. The lowest BCUT2D eigenvalue weighted by Gasteiger charge is -2.09. The molecule has 0 saturated carbocycles. The number of thiophene rings is 1. The summed E-state index contributed by atoms with van der Waals surface area (Å²) in [4.78, 5) is 16.8. The Morgan fingerprint density at radius 3 is 2.71 bits per heavy atom. The summed E-state index contributed by atoms with van der Waals surface area (Å²) in [6.45, 7) is 5.77. The van der Waals surface area contributed by atoms with Gasteiger partial charge in [0.1, 0.15) is 23.4 Å². The van der Waals surface area contributed by atoms with E-state index in [1.54, 1.807) is 23.7 Å². The number of halogens is 1. The fourth-order valence-electron chi connectivity index (χ4n) is 3.88. The van der Waals surface area contributed by atoms with Crippen LogP contribution in [0.5, 0.6) is 0 Å². The number of aromatic nitrogens is 5. The highest BCUT2D eigenvalue weighted by Gasteiger charge is 2.29. The van der Waals surface area contributed by atoms with Gasteiger partial charge in [0.25, 0.3) is 0 Å². The van der Waals surface area contributed by atoms with Crippen molar-refractivity contribution in [1.29, 1.82) is 0 Å². The second-order valence-corrected chi connectivity index (χ2v) is 9.34. The Labute approximate surface area is 204 Å².